The van der Waals surface area contributed by atoms with Crippen molar-refractivity contribution in [3.63, 3.8) is 0 Å². The zero-order valence-corrected chi connectivity index (χ0v) is 15.9. The van der Waals surface area contributed by atoms with Crippen LogP contribution in [0.5, 0.6) is 0 Å². The predicted molar refractivity (Wildman–Crippen MR) is 94.8 cm³/mol. The Hall–Kier alpha value is 0.1000. The standard InChI is InChI=1S/C16H29BrN2S/c1-6-16(5,19(8-3)9-4)15(18-7-2)11-14-10-13(17)12-20-14/h10,12,15,18H,6-9,11H2,1-5H3. The zero-order valence-electron chi connectivity index (χ0n) is 13.5. The summed E-state index contributed by atoms with van der Waals surface area (Å²) >= 11 is 5.42. The first-order valence-electron chi connectivity index (χ1n) is 7.73. The topological polar surface area (TPSA) is 15.3 Å². The van der Waals surface area contributed by atoms with Crippen molar-refractivity contribution in [3.8, 4) is 0 Å². The number of halogens is 1. The van der Waals surface area contributed by atoms with Gasteiger partial charge < -0.3 is 5.32 Å². The van der Waals surface area contributed by atoms with E-state index >= 15 is 0 Å². The van der Waals surface area contributed by atoms with E-state index in [1.54, 1.807) is 0 Å². The van der Waals surface area contributed by atoms with Gasteiger partial charge in [0, 0.05) is 26.3 Å². The number of hydrogen-bond donors (Lipinski definition) is 1. The number of hydrogen-bond acceptors (Lipinski definition) is 3. The van der Waals surface area contributed by atoms with Crippen LogP contribution >= 0.6 is 27.3 Å². The van der Waals surface area contributed by atoms with Crippen LogP contribution in [0, 0.1) is 0 Å². The van der Waals surface area contributed by atoms with Crippen molar-refractivity contribution in [1.29, 1.82) is 0 Å². The molecule has 0 spiro atoms. The maximum atomic E-state index is 3.73. The number of nitrogens with zero attached hydrogens (tertiary/aromatic N) is 1. The second kappa shape index (κ2) is 8.52. The van der Waals surface area contributed by atoms with Gasteiger partial charge in [0.05, 0.1) is 0 Å². The summed E-state index contributed by atoms with van der Waals surface area (Å²) in [5.41, 5.74) is 0.204. The molecule has 1 aromatic rings. The van der Waals surface area contributed by atoms with Crippen LogP contribution in [0.1, 0.15) is 45.9 Å². The van der Waals surface area contributed by atoms with E-state index in [0.29, 0.717) is 6.04 Å². The first-order chi connectivity index (χ1) is 9.51. The Morgan fingerprint density at radius 2 is 1.95 bits per heavy atom. The highest BCUT2D eigenvalue weighted by atomic mass is 79.9. The molecule has 0 bridgehead atoms. The van der Waals surface area contributed by atoms with Gasteiger partial charge in [0.1, 0.15) is 0 Å². The first-order valence-corrected chi connectivity index (χ1v) is 9.40. The van der Waals surface area contributed by atoms with E-state index in [9.17, 15) is 0 Å². The highest BCUT2D eigenvalue weighted by Crippen LogP contribution is 2.29. The fourth-order valence-corrected chi connectivity index (χ4v) is 4.55. The molecule has 1 aromatic heterocycles. The molecule has 1 rings (SSSR count). The fraction of sp³-hybridized carbons (Fsp3) is 0.750. The summed E-state index contributed by atoms with van der Waals surface area (Å²) < 4.78 is 1.20. The van der Waals surface area contributed by atoms with Gasteiger partial charge in [0.15, 0.2) is 0 Å². The van der Waals surface area contributed by atoms with Gasteiger partial charge >= 0.3 is 0 Å². The van der Waals surface area contributed by atoms with Gasteiger partial charge in [-0.3, -0.25) is 4.90 Å². The minimum absolute atomic E-state index is 0.204. The van der Waals surface area contributed by atoms with E-state index in [1.165, 1.54) is 15.8 Å². The average molecular weight is 361 g/mol. The van der Waals surface area contributed by atoms with Crippen LogP contribution in [-0.4, -0.2) is 36.1 Å². The Balaban J connectivity index is 2.96. The van der Waals surface area contributed by atoms with Gasteiger partial charge in [-0.15, -0.1) is 11.3 Å². The van der Waals surface area contributed by atoms with Gasteiger partial charge in [-0.2, -0.15) is 0 Å². The van der Waals surface area contributed by atoms with Gasteiger partial charge in [-0.25, -0.2) is 0 Å². The number of thiophene rings is 1. The summed E-state index contributed by atoms with van der Waals surface area (Å²) in [7, 11) is 0. The van der Waals surface area contributed by atoms with Crippen LogP contribution in [-0.2, 0) is 6.42 Å². The summed E-state index contributed by atoms with van der Waals surface area (Å²) in [5.74, 6) is 0. The molecule has 0 saturated heterocycles. The van der Waals surface area contributed by atoms with Crippen LogP contribution in [0.2, 0.25) is 0 Å². The Bertz CT molecular complexity index is 390. The smallest absolute Gasteiger partial charge is 0.0335 e. The zero-order chi connectivity index (χ0) is 15.2. The number of likely N-dealkylation sites (N-methyl/N-ethyl adjacent to an activating group) is 2. The third-order valence-electron chi connectivity index (χ3n) is 4.43. The Kier molecular flexibility index (Phi) is 7.73. The summed E-state index contributed by atoms with van der Waals surface area (Å²) in [6.45, 7) is 14.7. The fourth-order valence-electron chi connectivity index (χ4n) is 3.06. The average Bonchev–Trinajstić information content (AvgIpc) is 2.84. The maximum Gasteiger partial charge on any atom is 0.0335 e. The molecule has 1 N–H and O–H groups in total. The minimum atomic E-state index is 0.204. The lowest BCUT2D eigenvalue weighted by atomic mass is 9.84. The monoisotopic (exact) mass is 360 g/mol. The van der Waals surface area contributed by atoms with Crippen LogP contribution in [0.25, 0.3) is 0 Å². The Morgan fingerprint density at radius 3 is 2.35 bits per heavy atom. The molecule has 0 radical (unpaired) electrons. The highest BCUT2D eigenvalue weighted by Gasteiger charge is 2.36. The summed E-state index contributed by atoms with van der Waals surface area (Å²) in [4.78, 5) is 4.05. The minimum Gasteiger partial charge on any atom is -0.312 e. The summed E-state index contributed by atoms with van der Waals surface area (Å²) in [6, 6.07) is 2.75. The second-order valence-corrected chi connectivity index (χ2v) is 7.34. The molecule has 4 heteroatoms. The Morgan fingerprint density at radius 1 is 1.30 bits per heavy atom. The maximum absolute atomic E-state index is 3.73. The molecule has 0 aromatic carbocycles. The van der Waals surface area contributed by atoms with Crippen molar-refractivity contribution in [2.24, 2.45) is 0 Å². The number of nitrogens with one attached hydrogen (secondary N) is 1. The molecule has 2 unspecified atom stereocenters. The van der Waals surface area contributed by atoms with Crippen molar-refractivity contribution in [2.75, 3.05) is 19.6 Å². The lowest BCUT2D eigenvalue weighted by Gasteiger charge is -2.46. The molecular formula is C16H29BrN2S. The predicted octanol–water partition coefficient (Wildman–Crippen LogP) is 4.54. The Labute approximate surface area is 137 Å². The van der Waals surface area contributed by atoms with Crippen molar-refractivity contribution >= 4 is 27.3 Å². The third-order valence-corrected chi connectivity index (χ3v) is 6.15. The quantitative estimate of drug-likeness (QED) is 0.695. The molecule has 0 amide bonds. The van der Waals surface area contributed by atoms with Crippen molar-refractivity contribution in [2.45, 2.75) is 59.0 Å². The van der Waals surface area contributed by atoms with Gasteiger partial charge in [0.2, 0.25) is 0 Å². The molecule has 1 heterocycles. The van der Waals surface area contributed by atoms with E-state index in [4.69, 9.17) is 0 Å². The van der Waals surface area contributed by atoms with Crippen LogP contribution in [0.3, 0.4) is 0 Å². The number of rotatable bonds is 9. The van der Waals surface area contributed by atoms with E-state index < -0.39 is 0 Å². The van der Waals surface area contributed by atoms with E-state index in [-0.39, 0.29) is 5.54 Å². The first kappa shape index (κ1) is 18.1. The van der Waals surface area contributed by atoms with Gasteiger partial charge in [-0.05, 0) is 61.4 Å². The summed E-state index contributed by atoms with van der Waals surface area (Å²) in [6.07, 6.45) is 2.27. The molecule has 0 fully saturated rings. The SMILES string of the molecule is CCNC(Cc1cc(Br)cs1)C(C)(CC)N(CC)CC. The van der Waals surface area contributed by atoms with Crippen molar-refractivity contribution in [1.82, 2.24) is 10.2 Å². The highest BCUT2D eigenvalue weighted by molar-refractivity contribution is 9.10. The molecule has 0 aliphatic heterocycles. The van der Waals surface area contributed by atoms with Gasteiger partial charge in [-0.1, -0.05) is 27.7 Å². The van der Waals surface area contributed by atoms with Crippen LogP contribution in [0.15, 0.2) is 15.9 Å². The normalized spacial score (nSPS) is 16.4. The second-order valence-electron chi connectivity index (χ2n) is 5.43. The lowest BCUT2D eigenvalue weighted by molar-refractivity contribution is 0.0710. The molecule has 0 aliphatic rings. The molecule has 116 valence electrons. The molecule has 20 heavy (non-hydrogen) atoms. The van der Waals surface area contributed by atoms with E-state index in [2.05, 4.69) is 72.2 Å². The van der Waals surface area contributed by atoms with Crippen molar-refractivity contribution in [3.05, 3.63) is 20.8 Å². The third kappa shape index (κ3) is 4.30. The molecule has 0 saturated carbocycles. The van der Waals surface area contributed by atoms with E-state index in [1.807, 2.05) is 11.3 Å². The van der Waals surface area contributed by atoms with E-state index in [0.717, 1.165) is 26.1 Å². The molecule has 2 nitrogen and oxygen atoms in total. The van der Waals surface area contributed by atoms with Crippen LogP contribution in [0.4, 0.5) is 0 Å². The molecular weight excluding hydrogens is 332 g/mol. The lowest BCUT2D eigenvalue weighted by Crippen LogP contribution is -2.60. The molecule has 0 aliphatic carbocycles. The van der Waals surface area contributed by atoms with Crippen molar-refractivity contribution < 1.29 is 0 Å². The van der Waals surface area contributed by atoms with Crippen LogP contribution < -0.4 is 5.32 Å². The van der Waals surface area contributed by atoms with Gasteiger partial charge in [0.25, 0.3) is 0 Å². The molecule has 2 atom stereocenters. The summed E-state index contributed by atoms with van der Waals surface area (Å²) in [5, 5.41) is 5.91. The largest absolute Gasteiger partial charge is 0.312 e.